The van der Waals surface area contributed by atoms with Crippen molar-refractivity contribution in [2.45, 2.75) is 13.3 Å². The maximum absolute atomic E-state index is 4.22. The molecular formula is C7H14N2S. The van der Waals surface area contributed by atoms with E-state index >= 15 is 0 Å². The minimum absolute atomic E-state index is 0.828. The zero-order chi connectivity index (χ0) is 7.82. The third-order valence-electron chi connectivity index (χ3n) is 0.907. The number of amidine groups is 1. The Balaban J connectivity index is 3.71. The Morgan fingerprint density at radius 3 is 2.90 bits per heavy atom. The summed E-state index contributed by atoms with van der Waals surface area (Å²) < 4.78 is 3.08. The third-order valence-corrected chi connectivity index (χ3v) is 1.35. The van der Waals surface area contributed by atoms with Crippen LogP contribution in [0.2, 0.25) is 0 Å². The van der Waals surface area contributed by atoms with Gasteiger partial charge in [-0.05, 0) is 6.92 Å². The summed E-state index contributed by atoms with van der Waals surface area (Å²) in [4.78, 5) is 4.22. The van der Waals surface area contributed by atoms with Gasteiger partial charge in [0.15, 0.2) is 0 Å². The fourth-order valence-corrected chi connectivity index (χ4v) is 0.967. The molecule has 0 bridgehead atoms. The van der Waals surface area contributed by atoms with Crippen molar-refractivity contribution in [2.75, 3.05) is 12.8 Å². The quantitative estimate of drug-likeness (QED) is 0.292. The van der Waals surface area contributed by atoms with Crippen LogP contribution >= 0.6 is 11.9 Å². The van der Waals surface area contributed by atoms with Gasteiger partial charge < -0.3 is 4.72 Å². The van der Waals surface area contributed by atoms with Gasteiger partial charge in [0.1, 0.15) is 5.84 Å². The molecule has 0 spiro atoms. The van der Waals surface area contributed by atoms with Crippen LogP contribution in [-0.2, 0) is 0 Å². The van der Waals surface area contributed by atoms with E-state index in [0.29, 0.717) is 0 Å². The minimum atomic E-state index is 0.828. The van der Waals surface area contributed by atoms with Gasteiger partial charge >= 0.3 is 0 Å². The lowest BCUT2D eigenvalue weighted by Crippen LogP contribution is -2.14. The highest BCUT2D eigenvalue weighted by Crippen LogP contribution is 1.90. The number of nitrogens with one attached hydrogen (secondary N) is 1. The van der Waals surface area contributed by atoms with Crippen molar-refractivity contribution in [2.24, 2.45) is 4.99 Å². The van der Waals surface area contributed by atoms with Crippen molar-refractivity contribution < 1.29 is 0 Å². The smallest absolute Gasteiger partial charge is 0.110 e. The van der Waals surface area contributed by atoms with Gasteiger partial charge in [0, 0.05) is 19.2 Å². The molecule has 0 aromatic heterocycles. The summed E-state index contributed by atoms with van der Waals surface area (Å²) >= 11 is 1.56. The zero-order valence-electron chi connectivity index (χ0n) is 6.55. The zero-order valence-corrected chi connectivity index (χ0v) is 7.37. The van der Waals surface area contributed by atoms with E-state index in [9.17, 15) is 0 Å². The molecule has 0 aromatic carbocycles. The average Bonchev–Trinajstić information content (AvgIpc) is 1.90. The molecule has 0 aliphatic heterocycles. The molecule has 3 heteroatoms. The van der Waals surface area contributed by atoms with Crippen LogP contribution in [-0.4, -0.2) is 18.6 Å². The molecule has 0 aliphatic rings. The number of hydrogen-bond acceptors (Lipinski definition) is 2. The Hall–Kier alpha value is -0.440. The van der Waals surface area contributed by atoms with Crippen LogP contribution in [0.25, 0.3) is 0 Å². The molecule has 0 heterocycles. The molecule has 0 atom stereocenters. The van der Waals surface area contributed by atoms with Crippen molar-refractivity contribution in [1.82, 2.24) is 4.72 Å². The van der Waals surface area contributed by atoms with Crippen LogP contribution < -0.4 is 4.72 Å². The van der Waals surface area contributed by atoms with Crippen LogP contribution in [0.3, 0.4) is 0 Å². The molecule has 0 rings (SSSR count). The molecular weight excluding hydrogens is 144 g/mol. The summed E-state index contributed by atoms with van der Waals surface area (Å²) in [5.41, 5.74) is 0. The molecule has 58 valence electrons. The van der Waals surface area contributed by atoms with E-state index in [-0.39, 0.29) is 0 Å². The predicted octanol–water partition coefficient (Wildman–Crippen LogP) is 1.85. The number of hydrogen-bond donors (Lipinski definition) is 1. The van der Waals surface area contributed by atoms with Gasteiger partial charge in [-0.25, -0.2) is 0 Å². The molecule has 0 aromatic rings. The number of nitrogens with zero attached hydrogens (tertiary/aromatic N) is 1. The summed E-state index contributed by atoms with van der Waals surface area (Å²) in [6.07, 6.45) is 4.65. The van der Waals surface area contributed by atoms with E-state index < -0.39 is 0 Å². The fraction of sp³-hybridized carbons (Fsp3) is 0.571. The highest BCUT2D eigenvalue weighted by molar-refractivity contribution is 7.97. The van der Waals surface area contributed by atoms with Crippen molar-refractivity contribution in [1.29, 1.82) is 0 Å². The van der Waals surface area contributed by atoms with Crippen molar-refractivity contribution in [3.05, 3.63) is 12.7 Å². The molecule has 0 amide bonds. The second-order valence-electron chi connectivity index (χ2n) is 1.72. The van der Waals surface area contributed by atoms with Gasteiger partial charge in [-0.1, -0.05) is 18.0 Å². The van der Waals surface area contributed by atoms with Crippen molar-refractivity contribution in [3.63, 3.8) is 0 Å². The normalized spacial score (nSPS) is 11.2. The molecule has 0 saturated carbocycles. The topological polar surface area (TPSA) is 24.4 Å². The fourth-order valence-electron chi connectivity index (χ4n) is 0.584. The summed E-state index contributed by atoms with van der Waals surface area (Å²) in [6.45, 7) is 6.48. The molecule has 2 nitrogen and oxygen atoms in total. The highest BCUT2D eigenvalue weighted by Gasteiger charge is 1.90. The Morgan fingerprint density at radius 1 is 1.80 bits per heavy atom. The van der Waals surface area contributed by atoms with Crippen LogP contribution in [0, 0.1) is 0 Å². The summed E-state index contributed by atoms with van der Waals surface area (Å²) in [7, 11) is 0. The van der Waals surface area contributed by atoms with Crippen molar-refractivity contribution >= 4 is 17.8 Å². The molecule has 0 unspecified atom stereocenters. The molecule has 0 saturated heterocycles. The molecule has 1 N–H and O–H groups in total. The maximum atomic E-state index is 4.22. The third kappa shape index (κ3) is 4.44. The van der Waals surface area contributed by atoms with Gasteiger partial charge in [-0.3, -0.25) is 4.99 Å². The lowest BCUT2D eigenvalue weighted by molar-refractivity contribution is 1.09. The summed E-state index contributed by atoms with van der Waals surface area (Å²) in [5.74, 6) is 1.00. The van der Waals surface area contributed by atoms with E-state index in [1.807, 2.05) is 19.3 Å². The van der Waals surface area contributed by atoms with Crippen LogP contribution in [0.15, 0.2) is 17.6 Å². The largest absolute Gasteiger partial charge is 0.318 e. The number of rotatable bonds is 4. The van der Waals surface area contributed by atoms with E-state index in [4.69, 9.17) is 0 Å². The first-order valence-corrected chi connectivity index (χ1v) is 4.50. The van der Waals surface area contributed by atoms with Crippen LogP contribution in [0.1, 0.15) is 13.3 Å². The van der Waals surface area contributed by atoms with Gasteiger partial charge in [-0.2, -0.15) is 0 Å². The first kappa shape index (κ1) is 9.56. The summed E-state index contributed by atoms with van der Waals surface area (Å²) in [5, 5.41) is 0. The van der Waals surface area contributed by atoms with Gasteiger partial charge in [-0.15, -0.1) is 6.58 Å². The molecule has 0 fully saturated rings. The first-order valence-electron chi connectivity index (χ1n) is 3.28. The SMILES string of the molecule is C=CCC(=NCC)NSC. The summed E-state index contributed by atoms with van der Waals surface area (Å²) in [6, 6.07) is 0. The van der Waals surface area contributed by atoms with Crippen LogP contribution in [0.4, 0.5) is 0 Å². The number of aliphatic imine (C=N–C) groups is 1. The second-order valence-corrected chi connectivity index (χ2v) is 2.33. The highest BCUT2D eigenvalue weighted by atomic mass is 32.2. The monoisotopic (exact) mass is 158 g/mol. The van der Waals surface area contributed by atoms with Crippen molar-refractivity contribution in [3.8, 4) is 0 Å². The standard InChI is InChI=1S/C7H14N2S/c1-4-6-7(8-5-2)9-10-3/h4H,1,5-6H2,2-3H3,(H,8,9). The Morgan fingerprint density at radius 2 is 2.50 bits per heavy atom. The lowest BCUT2D eigenvalue weighted by Gasteiger charge is -2.02. The Labute approximate surface area is 66.9 Å². The minimum Gasteiger partial charge on any atom is -0.318 e. The van der Waals surface area contributed by atoms with E-state index in [1.165, 1.54) is 0 Å². The average molecular weight is 158 g/mol. The molecule has 0 aliphatic carbocycles. The maximum Gasteiger partial charge on any atom is 0.110 e. The lowest BCUT2D eigenvalue weighted by atomic mass is 10.4. The van der Waals surface area contributed by atoms with E-state index in [2.05, 4.69) is 16.3 Å². The first-order chi connectivity index (χ1) is 4.85. The van der Waals surface area contributed by atoms with Gasteiger partial charge in [0.2, 0.25) is 0 Å². The second kappa shape index (κ2) is 6.68. The Bertz CT molecular complexity index is 121. The predicted molar refractivity (Wildman–Crippen MR) is 49.4 cm³/mol. The van der Waals surface area contributed by atoms with E-state index in [0.717, 1.165) is 18.8 Å². The van der Waals surface area contributed by atoms with Crippen LogP contribution in [0.5, 0.6) is 0 Å². The Kier molecular flexibility index (Phi) is 6.38. The van der Waals surface area contributed by atoms with Gasteiger partial charge in [0.25, 0.3) is 0 Å². The van der Waals surface area contributed by atoms with Gasteiger partial charge in [0.05, 0.1) is 0 Å². The van der Waals surface area contributed by atoms with E-state index in [1.54, 1.807) is 11.9 Å². The molecule has 10 heavy (non-hydrogen) atoms. The molecule has 0 radical (unpaired) electrons.